The number of rotatable bonds is 4. The van der Waals surface area contributed by atoms with Gasteiger partial charge in [0.1, 0.15) is 0 Å². The Hall–Kier alpha value is -1.38. The molecule has 1 atom stereocenters. The maximum atomic E-state index is 11.2. The second-order valence-electron chi connectivity index (χ2n) is 3.16. The molecule has 0 saturated heterocycles. The molecule has 3 heteroatoms. The molecule has 1 heterocycles. The van der Waals surface area contributed by atoms with Gasteiger partial charge in [-0.25, -0.2) is 0 Å². The van der Waals surface area contributed by atoms with Gasteiger partial charge in [-0.15, -0.1) is 0 Å². The van der Waals surface area contributed by atoms with Crippen molar-refractivity contribution in [3.63, 3.8) is 0 Å². The van der Waals surface area contributed by atoms with Crippen LogP contribution in [0.4, 0.5) is 0 Å². The number of aromatic nitrogens is 1. The zero-order valence-electron chi connectivity index (χ0n) is 8.66. The Bertz CT molecular complexity index is 285. The number of hydrogen-bond donors (Lipinski definition) is 1. The molecule has 0 spiro atoms. The Kier molecular flexibility index (Phi) is 4.11. The van der Waals surface area contributed by atoms with Crippen molar-refractivity contribution in [2.24, 2.45) is 0 Å². The van der Waals surface area contributed by atoms with E-state index in [1.165, 1.54) is 0 Å². The summed E-state index contributed by atoms with van der Waals surface area (Å²) >= 11 is 0. The predicted molar refractivity (Wildman–Crippen MR) is 55.7 cm³/mol. The largest absolute Gasteiger partial charge is 0.349 e. The molecule has 1 amide bonds. The highest BCUT2D eigenvalue weighted by molar-refractivity contribution is 5.76. The van der Waals surface area contributed by atoms with Crippen LogP contribution < -0.4 is 5.32 Å². The fourth-order valence-electron chi connectivity index (χ4n) is 1.31. The lowest BCUT2D eigenvalue weighted by Crippen LogP contribution is -2.27. The number of pyridine rings is 1. The minimum Gasteiger partial charge on any atom is -0.349 e. The molecule has 0 unspecified atom stereocenters. The third-order valence-electron chi connectivity index (χ3n) is 2.17. The predicted octanol–water partition coefficient (Wildman–Crippen LogP) is 2.06. The molecule has 0 aliphatic carbocycles. The Morgan fingerprint density at radius 3 is 2.57 bits per heavy atom. The second kappa shape index (κ2) is 5.37. The lowest BCUT2D eigenvalue weighted by molar-refractivity contribution is -0.121. The summed E-state index contributed by atoms with van der Waals surface area (Å²) in [4.78, 5) is 15.2. The van der Waals surface area contributed by atoms with Crippen LogP contribution in [0.25, 0.3) is 0 Å². The smallest absolute Gasteiger partial charge is 0.220 e. The molecule has 1 rings (SSSR count). The van der Waals surface area contributed by atoms with E-state index < -0.39 is 0 Å². The summed E-state index contributed by atoms with van der Waals surface area (Å²) in [5, 5.41) is 2.97. The quantitative estimate of drug-likeness (QED) is 0.793. The van der Waals surface area contributed by atoms with Gasteiger partial charge in [0.15, 0.2) is 0 Å². The summed E-state index contributed by atoms with van der Waals surface area (Å²) in [7, 11) is 0. The van der Waals surface area contributed by atoms with Crippen LogP contribution in [0.15, 0.2) is 24.5 Å². The molecule has 1 aromatic heterocycles. The van der Waals surface area contributed by atoms with Crippen molar-refractivity contribution in [3.8, 4) is 0 Å². The van der Waals surface area contributed by atoms with Gasteiger partial charge < -0.3 is 5.32 Å². The normalized spacial score (nSPS) is 12.1. The van der Waals surface area contributed by atoms with Crippen molar-refractivity contribution in [3.05, 3.63) is 30.1 Å². The summed E-state index contributed by atoms with van der Waals surface area (Å²) in [6.07, 6.45) is 4.92. The van der Waals surface area contributed by atoms with Crippen LogP contribution in [-0.4, -0.2) is 10.9 Å². The maximum absolute atomic E-state index is 11.2. The average Bonchev–Trinajstić information content (AvgIpc) is 2.26. The van der Waals surface area contributed by atoms with Gasteiger partial charge in [0.05, 0.1) is 6.04 Å². The second-order valence-corrected chi connectivity index (χ2v) is 3.16. The van der Waals surface area contributed by atoms with E-state index in [2.05, 4.69) is 17.2 Å². The molecule has 3 nitrogen and oxygen atoms in total. The highest BCUT2D eigenvalue weighted by Crippen LogP contribution is 2.14. The van der Waals surface area contributed by atoms with Crippen LogP contribution in [0.1, 0.15) is 38.3 Å². The highest BCUT2D eigenvalue weighted by Gasteiger charge is 2.10. The fraction of sp³-hybridized carbons (Fsp3) is 0.455. The minimum absolute atomic E-state index is 0.0914. The molecule has 0 bridgehead atoms. The van der Waals surface area contributed by atoms with Crippen LogP contribution in [0.3, 0.4) is 0 Å². The van der Waals surface area contributed by atoms with Crippen molar-refractivity contribution in [1.29, 1.82) is 0 Å². The SMILES string of the molecule is CCC(=O)N[C@@H](CC)c1ccncc1. The van der Waals surface area contributed by atoms with E-state index in [1.807, 2.05) is 19.1 Å². The van der Waals surface area contributed by atoms with Gasteiger partial charge in [-0.2, -0.15) is 0 Å². The fourth-order valence-corrected chi connectivity index (χ4v) is 1.31. The van der Waals surface area contributed by atoms with E-state index in [-0.39, 0.29) is 11.9 Å². The van der Waals surface area contributed by atoms with E-state index in [4.69, 9.17) is 0 Å². The number of carbonyl (C=O) groups excluding carboxylic acids is 1. The summed E-state index contributed by atoms with van der Waals surface area (Å²) < 4.78 is 0. The lowest BCUT2D eigenvalue weighted by atomic mass is 10.1. The van der Waals surface area contributed by atoms with Crippen molar-refractivity contribution in [1.82, 2.24) is 10.3 Å². The van der Waals surface area contributed by atoms with Crippen LogP contribution in [0, 0.1) is 0 Å². The van der Waals surface area contributed by atoms with Crippen LogP contribution in [-0.2, 0) is 4.79 Å². The monoisotopic (exact) mass is 192 g/mol. The van der Waals surface area contributed by atoms with E-state index in [0.717, 1.165) is 12.0 Å². The zero-order chi connectivity index (χ0) is 10.4. The van der Waals surface area contributed by atoms with Crippen molar-refractivity contribution in [2.45, 2.75) is 32.7 Å². The number of nitrogens with zero attached hydrogens (tertiary/aromatic N) is 1. The first-order chi connectivity index (χ1) is 6.77. The first kappa shape index (κ1) is 10.7. The Balaban J connectivity index is 2.68. The number of nitrogens with one attached hydrogen (secondary N) is 1. The van der Waals surface area contributed by atoms with E-state index in [0.29, 0.717) is 6.42 Å². The summed E-state index contributed by atoms with van der Waals surface area (Å²) in [5.41, 5.74) is 1.12. The van der Waals surface area contributed by atoms with Crippen LogP contribution in [0.2, 0.25) is 0 Å². The molecule has 76 valence electrons. The summed E-state index contributed by atoms with van der Waals surface area (Å²) in [6.45, 7) is 3.91. The van der Waals surface area contributed by atoms with Crippen molar-refractivity contribution in [2.75, 3.05) is 0 Å². The summed E-state index contributed by atoms with van der Waals surface area (Å²) in [6, 6.07) is 3.99. The van der Waals surface area contributed by atoms with Gasteiger partial charge >= 0.3 is 0 Å². The number of amides is 1. The summed E-state index contributed by atoms with van der Waals surface area (Å²) in [5.74, 6) is 0.0914. The van der Waals surface area contributed by atoms with E-state index >= 15 is 0 Å². The van der Waals surface area contributed by atoms with E-state index in [1.54, 1.807) is 12.4 Å². The number of hydrogen-bond acceptors (Lipinski definition) is 2. The van der Waals surface area contributed by atoms with Gasteiger partial charge in [0.25, 0.3) is 0 Å². The van der Waals surface area contributed by atoms with Crippen molar-refractivity contribution < 1.29 is 4.79 Å². The Labute approximate surface area is 84.6 Å². The molecule has 0 radical (unpaired) electrons. The number of carbonyl (C=O) groups is 1. The molecule has 0 fully saturated rings. The molecule has 0 aromatic carbocycles. The van der Waals surface area contributed by atoms with Gasteiger partial charge in [-0.05, 0) is 24.1 Å². The molecule has 14 heavy (non-hydrogen) atoms. The Morgan fingerprint density at radius 1 is 1.43 bits per heavy atom. The van der Waals surface area contributed by atoms with Gasteiger partial charge in [-0.1, -0.05) is 13.8 Å². The Morgan fingerprint density at radius 2 is 2.07 bits per heavy atom. The molecule has 0 saturated carbocycles. The average molecular weight is 192 g/mol. The molecule has 1 aromatic rings. The molecular formula is C11H16N2O. The highest BCUT2D eigenvalue weighted by atomic mass is 16.1. The van der Waals surface area contributed by atoms with E-state index in [9.17, 15) is 4.79 Å². The van der Waals surface area contributed by atoms with Crippen LogP contribution in [0.5, 0.6) is 0 Å². The van der Waals surface area contributed by atoms with Crippen LogP contribution >= 0.6 is 0 Å². The van der Waals surface area contributed by atoms with Crippen molar-refractivity contribution >= 4 is 5.91 Å². The third kappa shape index (κ3) is 2.83. The minimum atomic E-state index is 0.0914. The maximum Gasteiger partial charge on any atom is 0.220 e. The first-order valence-corrected chi connectivity index (χ1v) is 4.97. The lowest BCUT2D eigenvalue weighted by Gasteiger charge is -2.16. The first-order valence-electron chi connectivity index (χ1n) is 4.97. The standard InChI is InChI=1S/C11H16N2O/c1-3-10(13-11(14)4-2)9-5-7-12-8-6-9/h5-8,10H,3-4H2,1-2H3,(H,13,14)/t10-/m0/s1. The third-order valence-corrected chi connectivity index (χ3v) is 2.17. The molecular weight excluding hydrogens is 176 g/mol. The van der Waals surface area contributed by atoms with Gasteiger partial charge in [-0.3, -0.25) is 9.78 Å². The topological polar surface area (TPSA) is 42.0 Å². The zero-order valence-corrected chi connectivity index (χ0v) is 8.66. The molecule has 0 aliphatic heterocycles. The van der Waals surface area contributed by atoms with Gasteiger partial charge in [0.2, 0.25) is 5.91 Å². The van der Waals surface area contributed by atoms with Gasteiger partial charge in [0, 0.05) is 18.8 Å². The molecule has 0 aliphatic rings. The molecule has 1 N–H and O–H groups in total.